The summed E-state index contributed by atoms with van der Waals surface area (Å²) in [6, 6.07) is 6.92. The number of carbonyl (C=O) groups is 1. The van der Waals surface area contributed by atoms with E-state index in [-0.39, 0.29) is 11.6 Å². The lowest BCUT2D eigenvalue weighted by Gasteiger charge is -2.20. The fourth-order valence-electron chi connectivity index (χ4n) is 2.31. The highest BCUT2D eigenvalue weighted by molar-refractivity contribution is 5.95. The Bertz CT molecular complexity index is 711. The number of hydrogen-bond donors (Lipinski definition) is 3. The van der Waals surface area contributed by atoms with Crippen LogP contribution >= 0.6 is 0 Å². The van der Waals surface area contributed by atoms with Crippen molar-refractivity contribution < 1.29 is 13.6 Å². The largest absolute Gasteiger partial charge is 0.397 e. The maximum atomic E-state index is 13.7. The molecule has 0 saturated heterocycles. The Morgan fingerprint density at radius 3 is 2.57 bits per heavy atom. The second kappa shape index (κ2) is 5.05. The molecule has 0 unspecified atom stereocenters. The van der Waals surface area contributed by atoms with Crippen LogP contribution in [0, 0.1) is 11.6 Å². The average molecular weight is 289 g/mol. The maximum Gasteiger partial charge on any atom is 0.224 e. The standard InChI is InChI=1S/C15H13F2N3O/c16-9-2-1-3-10(17)15(9)20-13-6-8-4-5-14(21)19-12(8)7-11(13)18/h1-3,6-7,20H,4-5,18H2,(H,19,21). The van der Waals surface area contributed by atoms with Crippen LogP contribution < -0.4 is 16.4 Å². The molecule has 2 aromatic rings. The van der Waals surface area contributed by atoms with Gasteiger partial charge in [0.1, 0.15) is 17.3 Å². The number of rotatable bonds is 2. The smallest absolute Gasteiger partial charge is 0.224 e. The van der Waals surface area contributed by atoms with Gasteiger partial charge >= 0.3 is 0 Å². The van der Waals surface area contributed by atoms with E-state index >= 15 is 0 Å². The Labute approximate surface area is 120 Å². The van der Waals surface area contributed by atoms with E-state index < -0.39 is 11.6 Å². The van der Waals surface area contributed by atoms with E-state index in [2.05, 4.69) is 10.6 Å². The predicted octanol–water partition coefficient (Wildman–Crippen LogP) is 3.18. The van der Waals surface area contributed by atoms with Gasteiger partial charge in [-0.25, -0.2) is 8.78 Å². The van der Waals surface area contributed by atoms with Crippen molar-refractivity contribution in [3.05, 3.63) is 47.5 Å². The van der Waals surface area contributed by atoms with Crippen LogP contribution in [0.5, 0.6) is 0 Å². The molecule has 0 atom stereocenters. The molecule has 0 radical (unpaired) electrons. The van der Waals surface area contributed by atoms with Gasteiger partial charge in [0.15, 0.2) is 0 Å². The van der Waals surface area contributed by atoms with E-state index in [9.17, 15) is 13.6 Å². The Balaban J connectivity index is 1.98. The Kier molecular flexibility index (Phi) is 3.21. The molecule has 108 valence electrons. The summed E-state index contributed by atoms with van der Waals surface area (Å²) < 4.78 is 27.3. The minimum atomic E-state index is -0.694. The van der Waals surface area contributed by atoms with E-state index in [1.807, 2.05) is 0 Å². The van der Waals surface area contributed by atoms with Crippen molar-refractivity contribution in [1.29, 1.82) is 0 Å². The second-order valence-electron chi connectivity index (χ2n) is 4.87. The lowest BCUT2D eigenvalue weighted by molar-refractivity contribution is -0.116. The maximum absolute atomic E-state index is 13.7. The number of halogens is 2. The Morgan fingerprint density at radius 2 is 1.86 bits per heavy atom. The number of amides is 1. The summed E-state index contributed by atoms with van der Waals surface area (Å²) in [4.78, 5) is 11.3. The summed E-state index contributed by atoms with van der Waals surface area (Å²) in [6.45, 7) is 0. The zero-order valence-electron chi connectivity index (χ0n) is 11.0. The molecular formula is C15H13F2N3O. The number of hydrogen-bond acceptors (Lipinski definition) is 3. The fourth-order valence-corrected chi connectivity index (χ4v) is 2.31. The number of fused-ring (bicyclic) bond motifs is 1. The predicted molar refractivity (Wildman–Crippen MR) is 77.4 cm³/mol. The molecule has 0 aliphatic carbocycles. The number of para-hydroxylation sites is 1. The average Bonchev–Trinajstić information content (AvgIpc) is 2.43. The molecule has 6 heteroatoms. The van der Waals surface area contributed by atoms with Gasteiger partial charge in [0.2, 0.25) is 5.91 Å². The molecule has 2 aromatic carbocycles. The lowest BCUT2D eigenvalue weighted by atomic mass is 10.0. The normalized spacial score (nSPS) is 13.5. The van der Waals surface area contributed by atoms with Gasteiger partial charge in [0, 0.05) is 12.1 Å². The summed E-state index contributed by atoms with van der Waals surface area (Å²) in [5.41, 5.74) is 7.87. The summed E-state index contributed by atoms with van der Waals surface area (Å²) in [5, 5.41) is 5.40. The van der Waals surface area contributed by atoms with Gasteiger partial charge < -0.3 is 16.4 Å². The van der Waals surface area contributed by atoms with Crippen molar-refractivity contribution in [3.8, 4) is 0 Å². The molecule has 0 aromatic heterocycles. The number of nitrogens with two attached hydrogens (primary N) is 1. The molecule has 4 N–H and O–H groups in total. The van der Waals surface area contributed by atoms with Crippen molar-refractivity contribution in [3.63, 3.8) is 0 Å². The van der Waals surface area contributed by atoms with Crippen molar-refractivity contribution >= 4 is 28.7 Å². The van der Waals surface area contributed by atoms with Gasteiger partial charge in [-0.1, -0.05) is 6.07 Å². The third-order valence-electron chi connectivity index (χ3n) is 3.39. The molecule has 0 bridgehead atoms. The Hall–Kier alpha value is -2.63. The van der Waals surface area contributed by atoms with Crippen LogP contribution in [0.4, 0.5) is 31.5 Å². The SMILES string of the molecule is Nc1cc2c(cc1Nc1c(F)cccc1F)CCC(=O)N2. The first-order chi connectivity index (χ1) is 10.0. The third kappa shape index (κ3) is 2.52. The summed E-state index contributed by atoms with van der Waals surface area (Å²) >= 11 is 0. The molecule has 3 rings (SSSR count). The number of carbonyl (C=O) groups excluding carboxylic acids is 1. The Morgan fingerprint density at radius 1 is 1.14 bits per heavy atom. The minimum Gasteiger partial charge on any atom is -0.397 e. The first-order valence-electron chi connectivity index (χ1n) is 6.48. The van der Waals surface area contributed by atoms with E-state index in [1.54, 1.807) is 12.1 Å². The molecule has 21 heavy (non-hydrogen) atoms. The van der Waals surface area contributed by atoms with Gasteiger partial charge in [0.25, 0.3) is 0 Å². The number of aryl methyl sites for hydroxylation is 1. The number of benzene rings is 2. The van der Waals surface area contributed by atoms with Crippen LogP contribution in [0.1, 0.15) is 12.0 Å². The zero-order chi connectivity index (χ0) is 15.0. The van der Waals surface area contributed by atoms with E-state index in [0.29, 0.717) is 29.9 Å². The third-order valence-corrected chi connectivity index (χ3v) is 3.39. The minimum absolute atomic E-state index is 0.0669. The number of nitrogens with one attached hydrogen (secondary N) is 2. The molecule has 0 saturated carbocycles. The monoisotopic (exact) mass is 289 g/mol. The highest BCUT2D eigenvalue weighted by atomic mass is 19.1. The first-order valence-corrected chi connectivity index (χ1v) is 6.48. The molecule has 1 amide bonds. The van der Waals surface area contributed by atoms with Crippen LogP contribution in [0.25, 0.3) is 0 Å². The summed E-state index contributed by atoms with van der Waals surface area (Å²) in [5.74, 6) is -1.45. The van der Waals surface area contributed by atoms with Crippen LogP contribution in [0.3, 0.4) is 0 Å². The molecular weight excluding hydrogens is 276 g/mol. The van der Waals surface area contributed by atoms with Gasteiger partial charge in [-0.3, -0.25) is 4.79 Å². The van der Waals surface area contributed by atoms with Crippen molar-refractivity contribution in [2.24, 2.45) is 0 Å². The van der Waals surface area contributed by atoms with Gasteiger partial charge in [-0.15, -0.1) is 0 Å². The number of anilines is 4. The molecule has 1 aliphatic rings. The molecule has 1 aliphatic heterocycles. The number of nitrogen functional groups attached to an aromatic ring is 1. The molecule has 0 fully saturated rings. The topological polar surface area (TPSA) is 67.1 Å². The van der Waals surface area contributed by atoms with Crippen LogP contribution in [0.2, 0.25) is 0 Å². The highest BCUT2D eigenvalue weighted by Gasteiger charge is 2.18. The molecule has 1 heterocycles. The first kappa shape index (κ1) is 13.4. The quantitative estimate of drug-likeness (QED) is 0.744. The summed E-state index contributed by atoms with van der Waals surface area (Å²) in [6.07, 6.45) is 0.945. The van der Waals surface area contributed by atoms with Crippen molar-refractivity contribution in [1.82, 2.24) is 0 Å². The fraction of sp³-hybridized carbons (Fsp3) is 0.133. The van der Waals surface area contributed by atoms with Crippen molar-refractivity contribution in [2.75, 3.05) is 16.4 Å². The van der Waals surface area contributed by atoms with Crippen LogP contribution in [-0.4, -0.2) is 5.91 Å². The highest BCUT2D eigenvalue weighted by Crippen LogP contribution is 2.33. The molecule has 0 spiro atoms. The van der Waals surface area contributed by atoms with Crippen molar-refractivity contribution in [2.45, 2.75) is 12.8 Å². The molecule has 4 nitrogen and oxygen atoms in total. The van der Waals surface area contributed by atoms with E-state index in [4.69, 9.17) is 5.73 Å². The van der Waals surface area contributed by atoms with E-state index in [1.165, 1.54) is 18.2 Å². The summed E-state index contributed by atoms with van der Waals surface area (Å²) in [7, 11) is 0. The van der Waals surface area contributed by atoms with Gasteiger partial charge in [-0.05, 0) is 36.2 Å². The van der Waals surface area contributed by atoms with Crippen LogP contribution in [-0.2, 0) is 11.2 Å². The second-order valence-corrected chi connectivity index (χ2v) is 4.87. The zero-order valence-corrected chi connectivity index (χ0v) is 11.0. The van der Waals surface area contributed by atoms with E-state index in [0.717, 1.165) is 5.56 Å². The van der Waals surface area contributed by atoms with Gasteiger partial charge in [-0.2, -0.15) is 0 Å². The van der Waals surface area contributed by atoms with Crippen LogP contribution in [0.15, 0.2) is 30.3 Å². The van der Waals surface area contributed by atoms with Gasteiger partial charge in [0.05, 0.1) is 11.4 Å². The lowest BCUT2D eigenvalue weighted by Crippen LogP contribution is -2.19.